The molecule has 0 saturated heterocycles. The molecular weight excluding hydrogens is 216 g/mol. The van der Waals surface area contributed by atoms with Gasteiger partial charge in [-0.05, 0) is 38.6 Å². The van der Waals surface area contributed by atoms with Crippen molar-refractivity contribution in [1.82, 2.24) is 5.32 Å². The quantitative estimate of drug-likeness (QED) is 0.691. The van der Waals surface area contributed by atoms with Gasteiger partial charge < -0.3 is 20.9 Å². The first-order valence-electron chi connectivity index (χ1n) is 5.84. The van der Waals surface area contributed by atoms with E-state index in [1.807, 2.05) is 32.2 Å². The Balaban J connectivity index is 3.04. The van der Waals surface area contributed by atoms with Crippen molar-refractivity contribution < 1.29 is 9.84 Å². The number of methoxy groups -OCH3 is 1. The zero-order chi connectivity index (χ0) is 12.8. The standard InChI is InChI=1S/C13H22N2O2/c1-9-5-4-6-11(17-3)12(9)13(16)10(15-2)7-8-14/h4-6,10,13,15-16H,7-8,14H2,1-3H3. The van der Waals surface area contributed by atoms with E-state index >= 15 is 0 Å². The third-order valence-electron chi connectivity index (χ3n) is 3.03. The van der Waals surface area contributed by atoms with E-state index in [4.69, 9.17) is 10.5 Å². The maximum absolute atomic E-state index is 10.4. The average molecular weight is 238 g/mol. The van der Waals surface area contributed by atoms with Gasteiger partial charge in [-0.1, -0.05) is 12.1 Å². The van der Waals surface area contributed by atoms with Gasteiger partial charge in [0, 0.05) is 11.6 Å². The molecule has 1 rings (SSSR count). The molecule has 96 valence electrons. The van der Waals surface area contributed by atoms with E-state index in [9.17, 15) is 5.11 Å². The van der Waals surface area contributed by atoms with Crippen LogP contribution >= 0.6 is 0 Å². The van der Waals surface area contributed by atoms with Crippen molar-refractivity contribution in [2.24, 2.45) is 5.73 Å². The minimum absolute atomic E-state index is 0.0602. The van der Waals surface area contributed by atoms with Gasteiger partial charge in [0.15, 0.2) is 0 Å². The lowest BCUT2D eigenvalue weighted by molar-refractivity contribution is 0.125. The molecule has 0 heterocycles. The van der Waals surface area contributed by atoms with E-state index in [2.05, 4.69) is 5.32 Å². The molecule has 0 amide bonds. The SMILES string of the molecule is CNC(CCN)C(O)c1c(C)cccc1OC. The Morgan fingerprint density at radius 3 is 2.71 bits per heavy atom. The zero-order valence-corrected chi connectivity index (χ0v) is 10.7. The lowest BCUT2D eigenvalue weighted by Crippen LogP contribution is -2.34. The molecule has 0 fully saturated rings. The molecule has 2 unspecified atom stereocenters. The second kappa shape index (κ2) is 6.59. The summed E-state index contributed by atoms with van der Waals surface area (Å²) in [6.07, 6.45) is 0.106. The van der Waals surface area contributed by atoms with Crippen LogP contribution < -0.4 is 15.8 Å². The Hall–Kier alpha value is -1.10. The number of hydrogen-bond acceptors (Lipinski definition) is 4. The smallest absolute Gasteiger partial charge is 0.124 e. The lowest BCUT2D eigenvalue weighted by atomic mass is 9.95. The van der Waals surface area contributed by atoms with Crippen molar-refractivity contribution >= 4 is 0 Å². The topological polar surface area (TPSA) is 67.5 Å². The van der Waals surface area contributed by atoms with Crippen molar-refractivity contribution in [2.75, 3.05) is 20.7 Å². The highest BCUT2D eigenvalue weighted by Crippen LogP contribution is 2.30. The van der Waals surface area contributed by atoms with E-state index in [1.165, 1.54) is 0 Å². The van der Waals surface area contributed by atoms with Gasteiger partial charge in [0.25, 0.3) is 0 Å². The number of rotatable bonds is 6. The van der Waals surface area contributed by atoms with Crippen LogP contribution in [0, 0.1) is 6.92 Å². The van der Waals surface area contributed by atoms with Crippen LogP contribution in [-0.4, -0.2) is 31.9 Å². The fourth-order valence-corrected chi connectivity index (χ4v) is 2.05. The Bertz CT molecular complexity index is 355. The Labute approximate surface area is 103 Å². The number of aliphatic hydroxyl groups excluding tert-OH is 1. The monoisotopic (exact) mass is 238 g/mol. The maximum Gasteiger partial charge on any atom is 0.124 e. The van der Waals surface area contributed by atoms with Gasteiger partial charge in [0.1, 0.15) is 5.75 Å². The summed E-state index contributed by atoms with van der Waals surface area (Å²) in [5.74, 6) is 0.717. The largest absolute Gasteiger partial charge is 0.496 e. The number of hydrogen-bond donors (Lipinski definition) is 3. The fraction of sp³-hybridized carbons (Fsp3) is 0.538. The minimum Gasteiger partial charge on any atom is -0.496 e. The van der Waals surface area contributed by atoms with Gasteiger partial charge in [-0.25, -0.2) is 0 Å². The van der Waals surface area contributed by atoms with E-state index in [-0.39, 0.29) is 6.04 Å². The summed E-state index contributed by atoms with van der Waals surface area (Å²) in [4.78, 5) is 0. The Morgan fingerprint density at radius 1 is 1.47 bits per heavy atom. The summed E-state index contributed by atoms with van der Waals surface area (Å²) < 4.78 is 5.30. The summed E-state index contributed by atoms with van der Waals surface area (Å²) in [5.41, 5.74) is 7.41. The number of nitrogens with two attached hydrogens (primary N) is 1. The summed E-state index contributed by atoms with van der Waals surface area (Å²) >= 11 is 0. The third kappa shape index (κ3) is 3.19. The highest BCUT2D eigenvalue weighted by Gasteiger charge is 2.23. The van der Waals surface area contributed by atoms with Crippen LogP contribution in [0.25, 0.3) is 0 Å². The van der Waals surface area contributed by atoms with Gasteiger partial charge in [0.2, 0.25) is 0 Å². The molecule has 0 aliphatic rings. The van der Waals surface area contributed by atoms with Crippen LogP contribution in [0.4, 0.5) is 0 Å². The normalized spacial score (nSPS) is 14.4. The first-order valence-corrected chi connectivity index (χ1v) is 5.84. The molecule has 0 bridgehead atoms. The highest BCUT2D eigenvalue weighted by atomic mass is 16.5. The number of nitrogens with one attached hydrogen (secondary N) is 1. The molecule has 1 aromatic rings. The van der Waals surface area contributed by atoms with Gasteiger partial charge >= 0.3 is 0 Å². The summed E-state index contributed by atoms with van der Waals surface area (Å²) in [7, 11) is 3.44. The molecule has 0 aromatic heterocycles. The van der Waals surface area contributed by atoms with Gasteiger partial charge in [0.05, 0.1) is 13.2 Å². The molecule has 4 N–H and O–H groups in total. The van der Waals surface area contributed by atoms with E-state index in [0.29, 0.717) is 6.54 Å². The molecule has 4 heteroatoms. The second-order valence-electron chi connectivity index (χ2n) is 4.11. The molecule has 17 heavy (non-hydrogen) atoms. The molecule has 2 atom stereocenters. The average Bonchev–Trinajstić information content (AvgIpc) is 2.34. The Morgan fingerprint density at radius 2 is 2.18 bits per heavy atom. The molecule has 0 aliphatic heterocycles. The van der Waals surface area contributed by atoms with Gasteiger partial charge in [-0.3, -0.25) is 0 Å². The molecule has 0 spiro atoms. The molecule has 1 aromatic carbocycles. The van der Waals surface area contributed by atoms with E-state index in [0.717, 1.165) is 23.3 Å². The number of aryl methyl sites for hydroxylation is 1. The lowest BCUT2D eigenvalue weighted by Gasteiger charge is -2.25. The predicted molar refractivity (Wildman–Crippen MR) is 69.2 cm³/mol. The fourth-order valence-electron chi connectivity index (χ4n) is 2.05. The van der Waals surface area contributed by atoms with Crippen LogP contribution in [0.2, 0.25) is 0 Å². The molecule has 4 nitrogen and oxygen atoms in total. The van der Waals surface area contributed by atoms with Crippen molar-refractivity contribution in [3.63, 3.8) is 0 Å². The van der Waals surface area contributed by atoms with Crippen molar-refractivity contribution in [2.45, 2.75) is 25.5 Å². The van der Waals surface area contributed by atoms with E-state index in [1.54, 1.807) is 7.11 Å². The van der Waals surface area contributed by atoms with Crippen molar-refractivity contribution in [1.29, 1.82) is 0 Å². The zero-order valence-electron chi connectivity index (χ0n) is 10.7. The third-order valence-corrected chi connectivity index (χ3v) is 3.03. The second-order valence-corrected chi connectivity index (χ2v) is 4.11. The van der Waals surface area contributed by atoms with Crippen LogP contribution in [0.1, 0.15) is 23.7 Å². The number of ether oxygens (including phenoxy) is 1. The van der Waals surface area contributed by atoms with E-state index < -0.39 is 6.10 Å². The molecule has 0 saturated carbocycles. The van der Waals surface area contributed by atoms with Gasteiger partial charge in [-0.2, -0.15) is 0 Å². The molecule has 0 radical (unpaired) electrons. The summed E-state index contributed by atoms with van der Waals surface area (Å²) in [5, 5.41) is 13.5. The highest BCUT2D eigenvalue weighted by molar-refractivity contribution is 5.41. The summed E-state index contributed by atoms with van der Waals surface area (Å²) in [6, 6.07) is 5.69. The number of benzene rings is 1. The van der Waals surface area contributed by atoms with Crippen LogP contribution in [0.5, 0.6) is 5.75 Å². The number of likely N-dealkylation sites (N-methyl/N-ethyl adjacent to an activating group) is 1. The first kappa shape index (κ1) is 14.0. The maximum atomic E-state index is 10.4. The Kier molecular flexibility index (Phi) is 5.41. The van der Waals surface area contributed by atoms with Crippen LogP contribution in [0.3, 0.4) is 0 Å². The van der Waals surface area contributed by atoms with Crippen molar-refractivity contribution in [3.05, 3.63) is 29.3 Å². The summed E-state index contributed by atoms with van der Waals surface area (Å²) in [6.45, 7) is 2.51. The van der Waals surface area contributed by atoms with Crippen LogP contribution in [0.15, 0.2) is 18.2 Å². The minimum atomic E-state index is -0.611. The first-order chi connectivity index (χ1) is 8.15. The van der Waals surface area contributed by atoms with Crippen LogP contribution in [-0.2, 0) is 0 Å². The molecule has 0 aliphatic carbocycles. The van der Waals surface area contributed by atoms with Gasteiger partial charge in [-0.15, -0.1) is 0 Å². The predicted octanol–water partition coefficient (Wildman–Crippen LogP) is 0.974. The van der Waals surface area contributed by atoms with Crippen molar-refractivity contribution in [3.8, 4) is 5.75 Å². The molecular formula is C13H22N2O2. The number of aliphatic hydroxyl groups is 1.